The third-order valence-electron chi connectivity index (χ3n) is 4.85. The zero-order chi connectivity index (χ0) is 24.3. The van der Waals surface area contributed by atoms with Crippen LogP contribution in [-0.4, -0.2) is 39.5 Å². The number of nitrogens with zero attached hydrogens (tertiary/aromatic N) is 4. The predicted octanol–water partition coefficient (Wildman–Crippen LogP) is -3.34. The van der Waals surface area contributed by atoms with E-state index in [-0.39, 0.29) is 76.1 Å². The van der Waals surface area contributed by atoms with E-state index in [0.29, 0.717) is 11.3 Å². The summed E-state index contributed by atoms with van der Waals surface area (Å²) in [4.78, 5) is 45.9. The van der Waals surface area contributed by atoms with Crippen molar-refractivity contribution in [1.82, 2.24) is 25.6 Å². The van der Waals surface area contributed by atoms with Crippen LogP contribution in [0.4, 0.5) is 4.39 Å². The number of halogens is 1. The molecule has 1 aliphatic heterocycles. The summed E-state index contributed by atoms with van der Waals surface area (Å²) in [6, 6.07) is 5.42. The van der Waals surface area contributed by atoms with Gasteiger partial charge in [0.25, 0.3) is 11.8 Å². The molecule has 2 aromatic rings. The van der Waals surface area contributed by atoms with E-state index in [1.54, 1.807) is 20.8 Å². The largest absolute Gasteiger partial charge is 1.00 e. The minimum absolute atomic E-state index is 0. The van der Waals surface area contributed by atoms with E-state index in [4.69, 9.17) is 0 Å². The molecule has 11 nitrogen and oxygen atoms in total. The van der Waals surface area contributed by atoms with Crippen LogP contribution in [0.5, 0.6) is 5.75 Å². The molecule has 0 bridgehead atoms. The van der Waals surface area contributed by atoms with Crippen molar-refractivity contribution in [3.63, 3.8) is 0 Å². The first-order valence-electron chi connectivity index (χ1n) is 9.97. The van der Waals surface area contributed by atoms with Gasteiger partial charge in [-0.2, -0.15) is 5.10 Å². The van der Waals surface area contributed by atoms with Crippen LogP contribution < -0.4 is 78.1 Å². The van der Waals surface area contributed by atoms with Crippen LogP contribution in [0.25, 0.3) is 0 Å². The zero-order valence-corrected chi connectivity index (χ0v) is 22.6. The van der Waals surface area contributed by atoms with Crippen LogP contribution in [0, 0.1) is 5.82 Å². The Hall–Kier alpha value is -2.45. The Morgan fingerprint density at radius 2 is 1.88 bits per heavy atom. The van der Waals surface area contributed by atoms with Gasteiger partial charge in [0.05, 0.1) is 17.8 Å². The molecule has 1 aromatic carbocycles. The Kier molecular flexibility index (Phi) is 9.25. The van der Waals surface area contributed by atoms with Gasteiger partial charge < -0.3 is 15.7 Å². The van der Waals surface area contributed by atoms with Crippen LogP contribution in [0.2, 0.25) is 0 Å². The van der Waals surface area contributed by atoms with Crippen LogP contribution in [0.1, 0.15) is 42.6 Å². The molecule has 3 N–H and O–H groups in total. The van der Waals surface area contributed by atoms with E-state index >= 15 is 0 Å². The first-order valence-corrected chi connectivity index (χ1v) is 9.97. The molecule has 0 radical (unpaired) electrons. The smallest absolute Gasteiger partial charge is 0.867 e. The molecule has 2 amide bonds. The van der Waals surface area contributed by atoms with E-state index < -0.39 is 40.2 Å². The summed E-state index contributed by atoms with van der Waals surface area (Å²) < 4.78 is 14.0. The number of carbonyl (C=O) groups is 2. The average Bonchev–Trinajstić information content (AvgIpc) is 2.77. The quantitative estimate of drug-likeness (QED) is 0.356. The van der Waals surface area contributed by atoms with Crippen molar-refractivity contribution in [2.75, 3.05) is 6.54 Å². The van der Waals surface area contributed by atoms with Crippen molar-refractivity contribution in [2.45, 2.75) is 32.9 Å². The molecule has 1 aromatic heterocycles. The van der Waals surface area contributed by atoms with E-state index in [1.165, 1.54) is 31.3 Å². The Bertz CT molecular complexity index is 1220. The fraction of sp³-hybridized carbons (Fsp3) is 0.333. The number of carbonyl (C=O) groups excluding carboxylic acids is 2. The van der Waals surface area contributed by atoms with Crippen molar-refractivity contribution in [3.8, 4) is 5.75 Å². The Morgan fingerprint density at radius 3 is 2.47 bits per heavy atom. The number of nitrogens with one attached hydrogen (secondary N) is 3. The summed E-state index contributed by atoms with van der Waals surface area (Å²) in [6.07, 6.45) is 0. The molecule has 3 rings (SSSR count). The second-order valence-corrected chi connectivity index (χ2v) is 7.99. The third-order valence-corrected chi connectivity index (χ3v) is 4.85. The van der Waals surface area contributed by atoms with Crippen LogP contribution in [-0.2, 0) is 23.9 Å². The molecule has 174 valence electrons. The minimum Gasteiger partial charge on any atom is -0.867 e. The summed E-state index contributed by atoms with van der Waals surface area (Å²) in [6.45, 7) is 5.14. The number of aromatic nitrogens is 2. The van der Waals surface area contributed by atoms with Gasteiger partial charge in [-0.25, -0.2) is 9.37 Å². The summed E-state index contributed by atoms with van der Waals surface area (Å²) in [5.74, 6) is -3.00. The van der Waals surface area contributed by atoms with Crippen LogP contribution in [0.3, 0.4) is 0 Å². The molecule has 34 heavy (non-hydrogen) atoms. The number of hydrazone groups is 1. The summed E-state index contributed by atoms with van der Waals surface area (Å²) >= 11 is 0. The first kappa shape index (κ1) is 27.8. The topological polar surface area (TPSA) is 153 Å². The molecule has 0 spiro atoms. The molecule has 0 atom stereocenters. The number of amidine groups is 1. The van der Waals surface area contributed by atoms with Gasteiger partial charge in [0.15, 0.2) is 0 Å². The molecular weight excluding hydrogens is 472 g/mol. The molecule has 0 saturated carbocycles. The van der Waals surface area contributed by atoms with Crippen molar-refractivity contribution in [1.29, 1.82) is 0 Å². The average molecular weight is 496 g/mol. The fourth-order valence-electron chi connectivity index (χ4n) is 3.10. The van der Waals surface area contributed by atoms with E-state index in [0.717, 1.165) is 4.57 Å². The maximum Gasteiger partial charge on any atom is 1.00 e. The second-order valence-electron chi connectivity index (χ2n) is 7.99. The zero-order valence-electron chi connectivity index (χ0n) is 19.5. The van der Waals surface area contributed by atoms with Crippen LogP contribution >= 0.6 is 0 Å². The Morgan fingerprint density at radius 1 is 1.24 bits per heavy atom. The van der Waals surface area contributed by atoms with Gasteiger partial charge in [0.2, 0.25) is 11.4 Å². The number of aliphatic imine (C=N–C) groups is 1. The molecule has 0 unspecified atom stereocenters. The second kappa shape index (κ2) is 11.3. The summed E-state index contributed by atoms with van der Waals surface area (Å²) in [5, 5.41) is 21.6. The normalized spacial score (nSPS) is 13.1. The monoisotopic (exact) mass is 495 g/mol. The number of rotatable bonds is 6. The molecule has 0 aliphatic carbocycles. The van der Waals surface area contributed by atoms with Crippen molar-refractivity contribution >= 4 is 23.4 Å². The molecule has 1 aliphatic rings. The number of hydrogen-bond acceptors (Lipinski definition) is 8. The van der Waals surface area contributed by atoms with Crippen molar-refractivity contribution < 1.29 is 70.5 Å². The maximum atomic E-state index is 13.0. The van der Waals surface area contributed by atoms with E-state index in [1.807, 2.05) is 0 Å². The van der Waals surface area contributed by atoms with Crippen LogP contribution in [0.15, 0.2) is 39.2 Å². The molecule has 0 saturated heterocycles. The third kappa shape index (κ3) is 6.36. The van der Waals surface area contributed by atoms with Crippen molar-refractivity contribution in [3.05, 3.63) is 57.5 Å². The first-order chi connectivity index (χ1) is 15.5. The van der Waals surface area contributed by atoms with Gasteiger partial charge in [-0.3, -0.25) is 29.4 Å². The van der Waals surface area contributed by atoms with Gasteiger partial charge >= 0.3 is 51.4 Å². The molecule has 0 fully saturated rings. The summed E-state index contributed by atoms with van der Waals surface area (Å²) in [5.41, 5.74) is 1.00. The standard InChI is InChI=1S/C21H24FN7O4.K/c1-11-9-23-16(28-27-11)18(32)26-21(2,3)20-25-14(15(30)19(33)29(20)4)17(31)24-10-12-5-7-13(22)8-6-12;/h5-8,30H,9-10H2,1-4H3,(H,23,28)(H,24,31)(H,26,32);/q;+1/p-1. The molecular formula is C21H23FKN7O4. The van der Waals surface area contributed by atoms with Gasteiger partial charge in [-0.05, 0) is 44.2 Å². The number of hydrogen-bond donors (Lipinski definition) is 3. The van der Waals surface area contributed by atoms with Crippen molar-refractivity contribution in [2.24, 2.45) is 17.1 Å². The van der Waals surface area contributed by atoms with Gasteiger partial charge in [-0.1, -0.05) is 12.1 Å². The Balaban J connectivity index is 0.00000408. The Labute approximate surface area is 237 Å². The SMILES string of the molecule is CC1=NNC(C(=O)NC(C)(C)c2nc(C(=O)NCc3ccc(F)cc3)c([O-])c(=O)n2C)=NC1.[K+]. The van der Waals surface area contributed by atoms with Gasteiger partial charge in [-0.15, -0.1) is 0 Å². The number of benzene rings is 1. The minimum atomic E-state index is -1.26. The van der Waals surface area contributed by atoms with E-state index in [2.05, 4.69) is 31.1 Å². The number of amides is 2. The maximum absolute atomic E-state index is 13.0. The van der Waals surface area contributed by atoms with Gasteiger partial charge in [0, 0.05) is 13.6 Å². The molecule has 13 heteroatoms. The van der Waals surface area contributed by atoms with Gasteiger partial charge in [0.1, 0.15) is 17.3 Å². The summed E-state index contributed by atoms with van der Waals surface area (Å²) in [7, 11) is 1.32. The fourth-order valence-corrected chi connectivity index (χ4v) is 3.10. The van der Waals surface area contributed by atoms with E-state index in [9.17, 15) is 23.9 Å². The molecule has 2 heterocycles. The predicted molar refractivity (Wildman–Crippen MR) is 116 cm³/mol.